The summed E-state index contributed by atoms with van der Waals surface area (Å²) in [5.41, 5.74) is 14.1. The van der Waals surface area contributed by atoms with E-state index in [1.54, 1.807) is 0 Å². The molecule has 0 saturated heterocycles. The number of hydrogen-bond acceptors (Lipinski definition) is 1. The smallest absolute Gasteiger partial charge is 0.0803 e. The van der Waals surface area contributed by atoms with Gasteiger partial charge in [-0.2, -0.15) is 0 Å². The second kappa shape index (κ2) is 10.6. The quantitative estimate of drug-likeness (QED) is 0.171. The average molecular weight is 656 g/mol. The molecule has 2 heteroatoms. The van der Waals surface area contributed by atoms with Gasteiger partial charge in [-0.05, 0) is 114 Å². The number of fused-ring (bicyclic) bond motifs is 13. The molecule has 1 nitrogen and oxygen atoms in total. The van der Waals surface area contributed by atoms with E-state index in [0.717, 1.165) is 0 Å². The van der Waals surface area contributed by atoms with Crippen LogP contribution in [0, 0.1) is 0 Å². The molecule has 0 radical (unpaired) electrons. The van der Waals surface area contributed by atoms with Crippen molar-refractivity contribution in [3.8, 4) is 22.3 Å². The SMILES string of the molecule is C[Si](C)(C)c1ccccc1N(c1ccccc1)c1ccc2cc3c(cc2c1)C1(c2ccccc2-c2ccccc21)c1ccc2ccccc2c1-3. The predicted molar refractivity (Wildman–Crippen MR) is 215 cm³/mol. The van der Waals surface area contributed by atoms with Crippen molar-refractivity contribution in [2.75, 3.05) is 4.90 Å². The molecule has 0 unspecified atom stereocenters. The Morgan fingerprint density at radius 3 is 1.82 bits per heavy atom. The average Bonchev–Trinajstić information content (AvgIpc) is 3.61. The van der Waals surface area contributed by atoms with Gasteiger partial charge >= 0.3 is 0 Å². The lowest BCUT2D eigenvalue weighted by molar-refractivity contribution is 0.795. The van der Waals surface area contributed by atoms with Crippen molar-refractivity contribution in [3.05, 3.63) is 192 Å². The molecule has 8 aromatic carbocycles. The van der Waals surface area contributed by atoms with E-state index in [2.05, 4.69) is 194 Å². The Kier molecular flexibility index (Phi) is 6.22. The minimum absolute atomic E-state index is 0.393. The van der Waals surface area contributed by atoms with E-state index in [4.69, 9.17) is 0 Å². The van der Waals surface area contributed by atoms with E-state index in [0.29, 0.717) is 0 Å². The highest BCUT2D eigenvalue weighted by atomic mass is 28.3. The lowest BCUT2D eigenvalue weighted by atomic mass is 9.70. The molecule has 238 valence electrons. The zero-order valence-corrected chi connectivity index (χ0v) is 29.6. The third-order valence-electron chi connectivity index (χ3n) is 11.1. The monoisotopic (exact) mass is 655 g/mol. The maximum absolute atomic E-state index is 2.52. The fourth-order valence-corrected chi connectivity index (χ4v) is 10.6. The molecule has 0 fully saturated rings. The molecule has 0 amide bonds. The zero-order valence-electron chi connectivity index (χ0n) is 28.6. The fourth-order valence-electron chi connectivity index (χ4n) is 9.08. The van der Waals surface area contributed by atoms with E-state index < -0.39 is 13.5 Å². The first kappa shape index (κ1) is 29.2. The Hall–Kier alpha value is -5.70. The molecular weight excluding hydrogens is 619 g/mol. The second-order valence-electron chi connectivity index (χ2n) is 14.9. The van der Waals surface area contributed by atoms with Crippen LogP contribution in [0.15, 0.2) is 170 Å². The van der Waals surface area contributed by atoms with Gasteiger partial charge in [-0.1, -0.05) is 147 Å². The van der Waals surface area contributed by atoms with Crippen LogP contribution < -0.4 is 10.1 Å². The van der Waals surface area contributed by atoms with E-state index in [-0.39, 0.29) is 0 Å². The molecule has 0 saturated carbocycles. The first-order chi connectivity index (χ1) is 24.4. The van der Waals surface area contributed by atoms with Crippen LogP contribution in [-0.4, -0.2) is 8.07 Å². The summed E-state index contributed by atoms with van der Waals surface area (Å²) in [5.74, 6) is 0. The third kappa shape index (κ3) is 4.00. The molecule has 0 aromatic heterocycles. The summed E-state index contributed by atoms with van der Waals surface area (Å²) in [6.07, 6.45) is 0. The summed E-state index contributed by atoms with van der Waals surface area (Å²) in [7, 11) is -1.66. The zero-order chi connectivity index (χ0) is 33.6. The van der Waals surface area contributed by atoms with Crippen molar-refractivity contribution >= 4 is 51.9 Å². The largest absolute Gasteiger partial charge is 0.311 e. The van der Waals surface area contributed by atoms with Crippen molar-refractivity contribution in [1.29, 1.82) is 0 Å². The maximum Gasteiger partial charge on any atom is 0.0803 e. The van der Waals surface area contributed by atoms with Gasteiger partial charge in [-0.15, -0.1) is 0 Å². The van der Waals surface area contributed by atoms with Crippen LogP contribution in [0.5, 0.6) is 0 Å². The number of benzene rings is 8. The number of hydrogen-bond donors (Lipinski definition) is 0. The van der Waals surface area contributed by atoms with Gasteiger partial charge in [0.1, 0.15) is 0 Å². The standard InChI is InChI=1S/C48H37NSi/c1-50(2,3)46-24-14-13-23-45(46)49(35-16-5-4-6-17-35)36-27-25-33-30-40-44(31-34(33)29-36)48(43-28-26-32-15-7-8-18-37(32)47(40)43)41-21-11-9-19-38(41)39-20-10-12-22-42(39)48/h4-31H,1-3H3. The summed E-state index contributed by atoms with van der Waals surface area (Å²) < 4.78 is 0. The molecule has 0 N–H and O–H groups in total. The van der Waals surface area contributed by atoms with Crippen LogP contribution >= 0.6 is 0 Å². The molecule has 0 aliphatic heterocycles. The van der Waals surface area contributed by atoms with Crippen LogP contribution in [0.2, 0.25) is 19.6 Å². The first-order valence-corrected chi connectivity index (χ1v) is 21.2. The Bertz CT molecular complexity index is 2600. The van der Waals surface area contributed by atoms with Gasteiger partial charge < -0.3 is 4.90 Å². The predicted octanol–water partition coefficient (Wildman–Crippen LogP) is 12.4. The van der Waals surface area contributed by atoms with Crippen molar-refractivity contribution in [2.24, 2.45) is 0 Å². The Morgan fingerprint density at radius 2 is 1.06 bits per heavy atom. The van der Waals surface area contributed by atoms with Crippen molar-refractivity contribution in [3.63, 3.8) is 0 Å². The van der Waals surface area contributed by atoms with Crippen LogP contribution in [0.3, 0.4) is 0 Å². The highest BCUT2D eigenvalue weighted by molar-refractivity contribution is 6.89. The molecule has 2 aliphatic rings. The number of nitrogens with zero attached hydrogens (tertiary/aromatic N) is 1. The van der Waals surface area contributed by atoms with Crippen LogP contribution in [0.1, 0.15) is 22.3 Å². The summed E-state index contributed by atoms with van der Waals surface area (Å²) in [4.78, 5) is 2.47. The Labute approximate surface area is 295 Å². The Morgan fingerprint density at radius 1 is 0.420 bits per heavy atom. The summed E-state index contributed by atoms with van der Waals surface area (Å²) in [6.45, 7) is 7.32. The lowest BCUT2D eigenvalue weighted by Crippen LogP contribution is -2.40. The molecule has 2 aliphatic carbocycles. The van der Waals surface area contributed by atoms with Crippen molar-refractivity contribution in [2.45, 2.75) is 25.1 Å². The van der Waals surface area contributed by atoms with Crippen LogP contribution in [0.4, 0.5) is 17.1 Å². The van der Waals surface area contributed by atoms with E-state index in [9.17, 15) is 0 Å². The molecular formula is C48H37NSi. The highest BCUT2D eigenvalue weighted by Crippen LogP contribution is 2.64. The molecule has 50 heavy (non-hydrogen) atoms. The van der Waals surface area contributed by atoms with Gasteiger partial charge in [0.15, 0.2) is 0 Å². The maximum atomic E-state index is 2.52. The van der Waals surface area contributed by atoms with Gasteiger partial charge in [0.2, 0.25) is 0 Å². The summed E-state index contributed by atoms with van der Waals surface area (Å²) in [5, 5.41) is 6.57. The van der Waals surface area contributed by atoms with Gasteiger partial charge in [0.05, 0.1) is 13.5 Å². The number of anilines is 3. The molecule has 0 atom stereocenters. The fraction of sp³-hybridized carbons (Fsp3) is 0.0833. The second-order valence-corrected chi connectivity index (χ2v) is 20.0. The first-order valence-electron chi connectivity index (χ1n) is 17.7. The normalized spacial score (nSPS) is 13.7. The van der Waals surface area contributed by atoms with Gasteiger partial charge in [-0.25, -0.2) is 0 Å². The number of para-hydroxylation sites is 2. The summed E-state index contributed by atoms with van der Waals surface area (Å²) >= 11 is 0. The van der Waals surface area contributed by atoms with Gasteiger partial charge in [0, 0.05) is 17.1 Å². The molecule has 8 aromatic rings. The van der Waals surface area contributed by atoms with Crippen LogP contribution in [0.25, 0.3) is 43.8 Å². The van der Waals surface area contributed by atoms with E-state index in [1.807, 2.05) is 0 Å². The highest BCUT2D eigenvalue weighted by Gasteiger charge is 2.52. The topological polar surface area (TPSA) is 3.24 Å². The van der Waals surface area contributed by atoms with Gasteiger partial charge in [0.25, 0.3) is 0 Å². The molecule has 0 heterocycles. The molecule has 10 rings (SSSR count). The van der Waals surface area contributed by atoms with Crippen molar-refractivity contribution in [1.82, 2.24) is 0 Å². The molecule has 1 spiro atoms. The van der Waals surface area contributed by atoms with Gasteiger partial charge in [-0.3, -0.25) is 0 Å². The Balaban J connectivity index is 1.28. The summed E-state index contributed by atoms with van der Waals surface area (Å²) in [6, 6.07) is 63.8. The minimum Gasteiger partial charge on any atom is -0.311 e. The van der Waals surface area contributed by atoms with Crippen molar-refractivity contribution < 1.29 is 0 Å². The minimum atomic E-state index is -1.66. The third-order valence-corrected chi connectivity index (χ3v) is 13.2. The number of rotatable bonds is 4. The van der Waals surface area contributed by atoms with E-state index in [1.165, 1.54) is 88.3 Å². The lowest BCUT2D eigenvalue weighted by Gasteiger charge is -2.32. The van der Waals surface area contributed by atoms with E-state index >= 15 is 0 Å². The molecule has 0 bridgehead atoms. The van der Waals surface area contributed by atoms with Crippen LogP contribution in [-0.2, 0) is 5.41 Å².